The maximum atomic E-state index is 12.0. The molecule has 0 spiro atoms. The van der Waals surface area contributed by atoms with Gasteiger partial charge in [-0.25, -0.2) is 4.79 Å². The second kappa shape index (κ2) is 8.33. The van der Waals surface area contributed by atoms with E-state index in [0.717, 1.165) is 22.4 Å². The molecule has 0 bridgehead atoms. The number of hydrogen-bond acceptors (Lipinski definition) is 3. The molecule has 2 N–H and O–H groups in total. The third kappa shape index (κ3) is 5.35. The maximum absolute atomic E-state index is 12.0. The number of rotatable bonds is 7. The number of aromatic carboxylic acids is 1. The molecule has 0 aromatic heterocycles. The molecule has 25 heavy (non-hydrogen) atoms. The van der Waals surface area contributed by atoms with Crippen LogP contribution in [0.1, 0.15) is 46.8 Å². The van der Waals surface area contributed by atoms with Crippen LogP contribution in [0.3, 0.4) is 0 Å². The molecule has 5 heteroatoms. The summed E-state index contributed by atoms with van der Waals surface area (Å²) in [6.45, 7) is 6.31. The first-order chi connectivity index (χ1) is 11.9. The predicted molar refractivity (Wildman–Crippen MR) is 96.0 cm³/mol. The summed E-state index contributed by atoms with van der Waals surface area (Å²) >= 11 is 0. The summed E-state index contributed by atoms with van der Waals surface area (Å²) in [5.41, 5.74) is 3.06. The Hall–Kier alpha value is -2.82. The number of carboxylic acid groups (broad SMARTS) is 1. The van der Waals surface area contributed by atoms with Gasteiger partial charge in [0.25, 0.3) is 5.91 Å². The van der Waals surface area contributed by atoms with E-state index in [9.17, 15) is 9.59 Å². The second-order valence-electron chi connectivity index (χ2n) is 6.27. The zero-order chi connectivity index (χ0) is 18.4. The van der Waals surface area contributed by atoms with Crippen LogP contribution in [0.15, 0.2) is 42.5 Å². The van der Waals surface area contributed by atoms with Gasteiger partial charge in [-0.05, 0) is 47.7 Å². The Morgan fingerprint density at radius 1 is 1.16 bits per heavy atom. The van der Waals surface area contributed by atoms with E-state index in [1.54, 1.807) is 18.2 Å². The Morgan fingerprint density at radius 3 is 2.60 bits per heavy atom. The van der Waals surface area contributed by atoms with Crippen molar-refractivity contribution < 1.29 is 19.4 Å². The van der Waals surface area contributed by atoms with Crippen molar-refractivity contribution in [2.45, 2.75) is 33.2 Å². The number of benzene rings is 2. The SMILES string of the molecule is Cc1ccc(C(C)C)c(OCC(=O)NCc2cccc(C(=O)O)c2)c1. The molecule has 5 nitrogen and oxygen atoms in total. The Bertz CT molecular complexity index is 768. The van der Waals surface area contributed by atoms with Crippen LogP contribution < -0.4 is 10.1 Å². The Kier molecular flexibility index (Phi) is 6.17. The second-order valence-corrected chi connectivity index (χ2v) is 6.27. The van der Waals surface area contributed by atoms with Crippen LogP contribution in [0.5, 0.6) is 5.75 Å². The molecule has 0 radical (unpaired) electrons. The van der Waals surface area contributed by atoms with Gasteiger partial charge >= 0.3 is 5.97 Å². The third-order valence-corrected chi connectivity index (χ3v) is 3.81. The van der Waals surface area contributed by atoms with E-state index in [1.807, 2.05) is 25.1 Å². The average Bonchev–Trinajstić information content (AvgIpc) is 2.58. The van der Waals surface area contributed by atoms with E-state index in [-0.39, 0.29) is 24.6 Å². The summed E-state index contributed by atoms with van der Waals surface area (Å²) in [6, 6.07) is 12.5. The maximum Gasteiger partial charge on any atom is 0.335 e. The van der Waals surface area contributed by atoms with Gasteiger partial charge in [-0.1, -0.05) is 38.1 Å². The number of hydrogen-bond donors (Lipinski definition) is 2. The van der Waals surface area contributed by atoms with Gasteiger partial charge in [0.05, 0.1) is 5.56 Å². The van der Waals surface area contributed by atoms with Gasteiger partial charge in [0.15, 0.2) is 6.61 Å². The van der Waals surface area contributed by atoms with Crippen LogP contribution in [0, 0.1) is 6.92 Å². The molecule has 132 valence electrons. The summed E-state index contributed by atoms with van der Waals surface area (Å²) in [5, 5.41) is 11.7. The zero-order valence-electron chi connectivity index (χ0n) is 14.7. The summed E-state index contributed by atoms with van der Waals surface area (Å²) in [6.07, 6.45) is 0. The van der Waals surface area contributed by atoms with Crippen LogP contribution >= 0.6 is 0 Å². The van der Waals surface area contributed by atoms with E-state index in [0.29, 0.717) is 5.92 Å². The normalized spacial score (nSPS) is 10.6. The highest BCUT2D eigenvalue weighted by Crippen LogP contribution is 2.27. The van der Waals surface area contributed by atoms with Gasteiger partial charge in [0, 0.05) is 6.54 Å². The number of carboxylic acids is 1. The van der Waals surface area contributed by atoms with E-state index < -0.39 is 5.97 Å². The largest absolute Gasteiger partial charge is 0.483 e. The molecule has 0 aliphatic carbocycles. The van der Waals surface area contributed by atoms with Crippen LogP contribution in [0.2, 0.25) is 0 Å². The summed E-state index contributed by atoms with van der Waals surface area (Å²) < 4.78 is 5.69. The van der Waals surface area contributed by atoms with Crippen LogP contribution in [-0.2, 0) is 11.3 Å². The smallest absolute Gasteiger partial charge is 0.335 e. The highest BCUT2D eigenvalue weighted by molar-refractivity contribution is 5.87. The number of aryl methyl sites for hydroxylation is 1. The molecule has 0 aliphatic rings. The molecule has 2 aromatic carbocycles. The van der Waals surface area contributed by atoms with Crippen molar-refractivity contribution in [1.29, 1.82) is 0 Å². The first kappa shape index (κ1) is 18.5. The Morgan fingerprint density at radius 2 is 1.92 bits per heavy atom. The minimum absolute atomic E-state index is 0.0816. The number of carbonyl (C=O) groups is 2. The topological polar surface area (TPSA) is 75.6 Å². The standard InChI is InChI=1S/C20H23NO4/c1-13(2)17-8-7-14(3)9-18(17)25-12-19(22)21-11-15-5-4-6-16(10-15)20(23)24/h4-10,13H,11-12H2,1-3H3,(H,21,22)(H,23,24). The van der Waals surface area contributed by atoms with Gasteiger partial charge in [-0.15, -0.1) is 0 Å². The number of carbonyl (C=O) groups excluding carboxylic acids is 1. The van der Waals surface area contributed by atoms with Gasteiger partial charge in [0.2, 0.25) is 0 Å². The van der Waals surface area contributed by atoms with Crippen LogP contribution in [-0.4, -0.2) is 23.6 Å². The molecule has 0 saturated carbocycles. The molecule has 0 aliphatic heterocycles. The van der Waals surface area contributed by atoms with Gasteiger partial charge in [-0.3, -0.25) is 4.79 Å². The fourth-order valence-corrected chi connectivity index (χ4v) is 2.45. The van der Waals surface area contributed by atoms with Gasteiger partial charge in [0.1, 0.15) is 5.75 Å². The number of ether oxygens (including phenoxy) is 1. The van der Waals surface area contributed by atoms with Crippen LogP contribution in [0.4, 0.5) is 0 Å². The summed E-state index contributed by atoms with van der Waals surface area (Å²) in [5.74, 6) is -0.218. The molecule has 0 fully saturated rings. The number of nitrogens with one attached hydrogen (secondary N) is 1. The average molecular weight is 341 g/mol. The lowest BCUT2D eigenvalue weighted by Crippen LogP contribution is -2.28. The fourth-order valence-electron chi connectivity index (χ4n) is 2.45. The van der Waals surface area contributed by atoms with Crippen molar-refractivity contribution in [3.63, 3.8) is 0 Å². The quantitative estimate of drug-likeness (QED) is 0.808. The molecule has 0 unspecified atom stereocenters. The predicted octanol–water partition coefficient (Wildman–Crippen LogP) is 3.51. The molecular weight excluding hydrogens is 318 g/mol. The fraction of sp³-hybridized carbons (Fsp3) is 0.300. The molecule has 0 atom stereocenters. The Labute approximate surface area is 147 Å². The monoisotopic (exact) mass is 341 g/mol. The molecular formula is C20H23NO4. The minimum Gasteiger partial charge on any atom is -0.483 e. The van der Waals surface area contributed by atoms with Crippen molar-refractivity contribution in [3.05, 3.63) is 64.7 Å². The van der Waals surface area contributed by atoms with Crippen LogP contribution in [0.25, 0.3) is 0 Å². The highest BCUT2D eigenvalue weighted by atomic mass is 16.5. The van der Waals surface area contributed by atoms with Crippen molar-refractivity contribution >= 4 is 11.9 Å². The zero-order valence-corrected chi connectivity index (χ0v) is 14.7. The molecule has 2 rings (SSSR count). The van der Waals surface area contributed by atoms with Gasteiger partial charge in [-0.2, -0.15) is 0 Å². The lowest BCUT2D eigenvalue weighted by molar-refractivity contribution is -0.123. The first-order valence-corrected chi connectivity index (χ1v) is 8.19. The molecule has 2 aromatic rings. The van der Waals surface area contributed by atoms with Crippen molar-refractivity contribution in [3.8, 4) is 5.75 Å². The number of amides is 1. The molecule has 1 amide bonds. The van der Waals surface area contributed by atoms with E-state index >= 15 is 0 Å². The minimum atomic E-state index is -0.989. The lowest BCUT2D eigenvalue weighted by atomic mass is 10.0. The molecule has 0 saturated heterocycles. The first-order valence-electron chi connectivity index (χ1n) is 8.19. The highest BCUT2D eigenvalue weighted by Gasteiger charge is 2.10. The van der Waals surface area contributed by atoms with E-state index in [2.05, 4.69) is 19.2 Å². The third-order valence-electron chi connectivity index (χ3n) is 3.81. The van der Waals surface area contributed by atoms with Gasteiger partial charge < -0.3 is 15.2 Å². The van der Waals surface area contributed by atoms with Crippen molar-refractivity contribution in [1.82, 2.24) is 5.32 Å². The van der Waals surface area contributed by atoms with E-state index in [1.165, 1.54) is 6.07 Å². The van der Waals surface area contributed by atoms with Crippen molar-refractivity contribution in [2.75, 3.05) is 6.61 Å². The summed E-state index contributed by atoms with van der Waals surface area (Å²) in [7, 11) is 0. The lowest BCUT2D eigenvalue weighted by Gasteiger charge is -2.15. The molecule has 0 heterocycles. The Balaban J connectivity index is 1.92. The summed E-state index contributed by atoms with van der Waals surface area (Å²) in [4.78, 5) is 23.0. The van der Waals surface area contributed by atoms with Crippen molar-refractivity contribution in [2.24, 2.45) is 0 Å². The van der Waals surface area contributed by atoms with E-state index in [4.69, 9.17) is 9.84 Å².